The van der Waals surface area contributed by atoms with E-state index in [0.717, 1.165) is 17.7 Å². The number of aryl methyl sites for hydroxylation is 1. The van der Waals surface area contributed by atoms with Crippen LogP contribution in [0.1, 0.15) is 12.0 Å². The Bertz CT molecular complexity index is 1160. The van der Waals surface area contributed by atoms with Crippen LogP contribution in [0.5, 0.6) is 0 Å². The fraction of sp³-hybridized carbons (Fsp3) is 0.273. The van der Waals surface area contributed by atoms with Crippen molar-refractivity contribution in [1.82, 2.24) is 14.6 Å². The van der Waals surface area contributed by atoms with Gasteiger partial charge in [-0.25, -0.2) is 17.8 Å². The minimum Gasteiger partial charge on any atom is -0.335 e. The van der Waals surface area contributed by atoms with Crippen LogP contribution in [0.2, 0.25) is 0 Å². The highest BCUT2D eigenvalue weighted by Gasteiger charge is 2.32. The molecule has 2 amide bonds. The summed E-state index contributed by atoms with van der Waals surface area (Å²) in [5.41, 5.74) is 4.86. The molecule has 1 N–H and O–H groups in total. The third-order valence-electron chi connectivity index (χ3n) is 5.46. The van der Waals surface area contributed by atoms with E-state index in [9.17, 15) is 22.4 Å². The molecule has 0 bridgehead atoms. The number of piperazine rings is 1. The second-order valence-corrected chi connectivity index (χ2v) is 9.59. The number of carbonyl (C=O) groups excluding carboxylic acids is 2. The van der Waals surface area contributed by atoms with Crippen LogP contribution < -0.4 is 10.4 Å². The minimum absolute atomic E-state index is 0.0163. The molecule has 2 aliphatic rings. The largest absolute Gasteiger partial charge is 0.335 e. The lowest BCUT2D eigenvalue weighted by atomic mass is 10.2. The number of hydrogen-bond acceptors (Lipinski definition) is 5. The Balaban J connectivity index is 1.41. The van der Waals surface area contributed by atoms with Crippen LogP contribution in [0.3, 0.4) is 0 Å². The summed E-state index contributed by atoms with van der Waals surface area (Å²) in [6.45, 7) is 2.60. The third-order valence-corrected chi connectivity index (χ3v) is 7.38. The number of halogens is 1. The van der Waals surface area contributed by atoms with E-state index in [1.807, 2.05) is 19.1 Å². The van der Waals surface area contributed by atoms with Gasteiger partial charge in [-0.15, -0.1) is 0 Å². The average Bonchev–Trinajstić information content (AvgIpc) is 2.80. The molecule has 2 heterocycles. The number of anilines is 1. The van der Waals surface area contributed by atoms with Crippen LogP contribution in [0, 0.1) is 12.7 Å². The Labute approximate surface area is 185 Å². The van der Waals surface area contributed by atoms with Crippen LogP contribution >= 0.6 is 0 Å². The first-order valence-electron chi connectivity index (χ1n) is 10.2. The van der Waals surface area contributed by atoms with E-state index in [1.165, 1.54) is 21.4 Å². The zero-order chi connectivity index (χ0) is 22.9. The van der Waals surface area contributed by atoms with Crippen molar-refractivity contribution in [3.8, 4) is 0 Å². The lowest BCUT2D eigenvalue weighted by Crippen LogP contribution is -2.54. The molecule has 0 aromatic heterocycles. The molecule has 32 heavy (non-hydrogen) atoms. The van der Waals surface area contributed by atoms with Crippen molar-refractivity contribution < 1.29 is 22.4 Å². The second-order valence-electron chi connectivity index (χ2n) is 7.65. The maximum atomic E-state index is 13.1. The summed E-state index contributed by atoms with van der Waals surface area (Å²) >= 11 is 0. The summed E-state index contributed by atoms with van der Waals surface area (Å²) in [7, 11) is -3.76. The van der Waals surface area contributed by atoms with Crippen molar-refractivity contribution in [2.75, 3.05) is 31.2 Å². The van der Waals surface area contributed by atoms with Gasteiger partial charge in [0.05, 0.1) is 10.6 Å². The fourth-order valence-electron chi connectivity index (χ4n) is 3.60. The predicted molar refractivity (Wildman–Crippen MR) is 116 cm³/mol. The van der Waals surface area contributed by atoms with E-state index in [1.54, 1.807) is 23.1 Å². The maximum Gasteiger partial charge on any atom is 0.271 e. The van der Waals surface area contributed by atoms with E-state index < -0.39 is 15.8 Å². The van der Waals surface area contributed by atoms with Crippen molar-refractivity contribution in [3.05, 3.63) is 71.7 Å². The number of nitrogens with one attached hydrogen (secondary N) is 1. The topological polar surface area (TPSA) is 90.0 Å². The molecular weight excluding hydrogens is 435 g/mol. The summed E-state index contributed by atoms with van der Waals surface area (Å²) in [5.74, 6) is -0.986. The highest BCUT2D eigenvalue weighted by Crippen LogP contribution is 2.21. The Kier molecular flexibility index (Phi) is 5.98. The Hall–Kier alpha value is -3.24. The Morgan fingerprint density at radius 1 is 0.969 bits per heavy atom. The van der Waals surface area contributed by atoms with Crippen molar-refractivity contribution in [2.24, 2.45) is 0 Å². The van der Waals surface area contributed by atoms with Gasteiger partial charge in [-0.3, -0.25) is 15.0 Å². The lowest BCUT2D eigenvalue weighted by molar-refractivity contribution is -0.129. The van der Waals surface area contributed by atoms with Gasteiger partial charge in [0.15, 0.2) is 0 Å². The summed E-state index contributed by atoms with van der Waals surface area (Å²) in [4.78, 5) is 26.9. The molecule has 168 valence electrons. The highest BCUT2D eigenvalue weighted by molar-refractivity contribution is 7.89. The molecule has 2 aliphatic heterocycles. The van der Waals surface area contributed by atoms with Crippen LogP contribution in [0.25, 0.3) is 0 Å². The van der Waals surface area contributed by atoms with E-state index in [-0.39, 0.29) is 55.0 Å². The number of sulfonamides is 1. The van der Waals surface area contributed by atoms with E-state index >= 15 is 0 Å². The summed E-state index contributed by atoms with van der Waals surface area (Å²) in [5, 5.41) is 1.35. The third kappa shape index (κ3) is 4.37. The number of nitrogens with zero attached hydrogens (tertiary/aromatic N) is 3. The standard InChI is InChI=1S/C22H23FN4O4S/c1-16-2-6-18(7-3-16)27-21(28)11-10-20(24-27)22(29)25-12-14-26(15-13-25)32(30,31)19-8-4-17(23)5-9-19/h2-10,24H,11-15H2,1H3. The van der Waals surface area contributed by atoms with Crippen LogP contribution in [0.15, 0.2) is 65.2 Å². The quantitative estimate of drug-likeness (QED) is 0.755. The molecule has 0 saturated carbocycles. The maximum absolute atomic E-state index is 13.1. The summed E-state index contributed by atoms with van der Waals surface area (Å²) in [6.07, 6.45) is 1.64. The molecule has 0 unspecified atom stereocenters. The van der Waals surface area contributed by atoms with E-state index in [4.69, 9.17) is 0 Å². The van der Waals surface area contributed by atoms with Gasteiger partial charge in [-0.1, -0.05) is 17.7 Å². The average molecular weight is 459 g/mol. The van der Waals surface area contributed by atoms with Crippen molar-refractivity contribution in [2.45, 2.75) is 18.2 Å². The molecule has 2 aromatic rings. The highest BCUT2D eigenvalue weighted by atomic mass is 32.2. The molecule has 10 heteroatoms. The Morgan fingerprint density at radius 3 is 2.22 bits per heavy atom. The van der Waals surface area contributed by atoms with Crippen LogP contribution in [-0.4, -0.2) is 55.6 Å². The lowest BCUT2D eigenvalue weighted by Gasteiger charge is -2.36. The van der Waals surface area contributed by atoms with E-state index in [0.29, 0.717) is 5.69 Å². The van der Waals surface area contributed by atoms with Crippen LogP contribution in [0.4, 0.5) is 10.1 Å². The number of rotatable bonds is 4. The van der Waals surface area contributed by atoms with Gasteiger partial charge in [0, 0.05) is 32.6 Å². The summed E-state index contributed by atoms with van der Waals surface area (Å²) < 4.78 is 39.9. The first kappa shape index (κ1) is 22.0. The number of benzene rings is 2. The zero-order valence-corrected chi connectivity index (χ0v) is 18.3. The molecule has 1 fully saturated rings. The molecule has 0 aliphatic carbocycles. The van der Waals surface area contributed by atoms with Gasteiger partial charge in [0.2, 0.25) is 15.9 Å². The van der Waals surface area contributed by atoms with Gasteiger partial charge in [0.1, 0.15) is 11.5 Å². The molecular formula is C22H23FN4O4S. The Morgan fingerprint density at radius 2 is 1.59 bits per heavy atom. The number of hydrogen-bond donors (Lipinski definition) is 1. The molecule has 1 saturated heterocycles. The molecule has 0 radical (unpaired) electrons. The van der Waals surface area contributed by atoms with E-state index in [2.05, 4.69) is 5.43 Å². The monoisotopic (exact) mass is 458 g/mol. The smallest absolute Gasteiger partial charge is 0.271 e. The summed E-state index contributed by atoms with van der Waals surface area (Å²) in [6, 6.07) is 12.0. The molecule has 0 spiro atoms. The van der Waals surface area contributed by atoms with Crippen molar-refractivity contribution in [1.29, 1.82) is 0 Å². The SMILES string of the molecule is Cc1ccc(N2NC(C(=O)N3CCN(S(=O)(=O)c4ccc(F)cc4)CC3)=CCC2=O)cc1. The number of carbonyl (C=O) groups is 2. The number of amides is 2. The van der Waals surface area contributed by atoms with Gasteiger partial charge in [0.25, 0.3) is 5.91 Å². The predicted octanol–water partition coefficient (Wildman–Crippen LogP) is 1.79. The molecule has 0 atom stereocenters. The van der Waals surface area contributed by atoms with Crippen molar-refractivity contribution >= 4 is 27.5 Å². The normalized spacial score (nSPS) is 17.7. The van der Waals surface area contributed by atoms with Gasteiger partial charge in [-0.05, 0) is 49.4 Å². The first-order chi connectivity index (χ1) is 15.3. The second kappa shape index (κ2) is 8.71. The molecule has 4 rings (SSSR count). The number of hydrazine groups is 1. The van der Waals surface area contributed by atoms with Gasteiger partial charge in [-0.2, -0.15) is 4.31 Å². The minimum atomic E-state index is -3.76. The zero-order valence-electron chi connectivity index (χ0n) is 17.5. The molecule has 8 nitrogen and oxygen atoms in total. The van der Waals surface area contributed by atoms with Gasteiger partial charge >= 0.3 is 0 Å². The van der Waals surface area contributed by atoms with Crippen LogP contribution in [-0.2, 0) is 19.6 Å². The first-order valence-corrected chi connectivity index (χ1v) is 11.6. The fourth-order valence-corrected chi connectivity index (χ4v) is 5.03. The molecule has 2 aromatic carbocycles. The van der Waals surface area contributed by atoms with Gasteiger partial charge < -0.3 is 4.90 Å². The van der Waals surface area contributed by atoms with Crippen molar-refractivity contribution in [3.63, 3.8) is 0 Å².